The monoisotopic (exact) mass is 383 g/mol. The molecule has 4 rings (SSSR count). The van der Waals surface area contributed by atoms with Crippen LogP contribution in [0.5, 0.6) is 17.2 Å². The lowest BCUT2D eigenvalue weighted by molar-refractivity contribution is -0.0594. The second kappa shape index (κ2) is 8.41. The molecule has 2 aromatic rings. The smallest absolute Gasteiger partial charge is 0.161 e. The van der Waals surface area contributed by atoms with E-state index in [-0.39, 0.29) is 5.60 Å². The highest BCUT2D eigenvalue weighted by Gasteiger charge is 2.39. The maximum atomic E-state index is 6.58. The molecule has 5 nitrogen and oxygen atoms in total. The Morgan fingerprint density at radius 3 is 2.68 bits per heavy atom. The fourth-order valence-electron chi connectivity index (χ4n) is 4.16. The molecule has 2 heterocycles. The molecule has 1 spiro atoms. The molecule has 0 saturated carbocycles. The van der Waals surface area contributed by atoms with Crippen molar-refractivity contribution in [2.24, 2.45) is 0 Å². The highest BCUT2D eigenvalue weighted by atomic mass is 16.5. The third kappa shape index (κ3) is 4.10. The average molecular weight is 383 g/mol. The zero-order chi connectivity index (χ0) is 19.4. The molecule has 0 N–H and O–H groups in total. The Hall–Kier alpha value is -2.24. The van der Waals surface area contributed by atoms with Crippen LogP contribution in [0, 0.1) is 0 Å². The SMILES string of the molecule is CCOc1ccc(CN2Cc3ccccc3OC3(CCOCC3)C2)cc1OC. The van der Waals surface area contributed by atoms with Crippen molar-refractivity contribution in [1.82, 2.24) is 4.90 Å². The molecular formula is C23H29NO4. The Labute approximate surface area is 167 Å². The quantitative estimate of drug-likeness (QED) is 0.779. The Morgan fingerprint density at radius 1 is 1.07 bits per heavy atom. The van der Waals surface area contributed by atoms with E-state index in [4.69, 9.17) is 18.9 Å². The zero-order valence-electron chi connectivity index (χ0n) is 16.8. The minimum Gasteiger partial charge on any atom is -0.493 e. The van der Waals surface area contributed by atoms with Crippen LogP contribution in [0.1, 0.15) is 30.9 Å². The molecule has 5 heteroatoms. The lowest BCUT2D eigenvalue weighted by Crippen LogP contribution is -2.49. The summed E-state index contributed by atoms with van der Waals surface area (Å²) in [6.45, 7) is 6.72. The van der Waals surface area contributed by atoms with Crippen molar-refractivity contribution < 1.29 is 18.9 Å². The predicted octanol–water partition coefficient (Wildman–Crippen LogP) is 4.04. The van der Waals surface area contributed by atoms with Crippen molar-refractivity contribution >= 4 is 0 Å². The number of benzene rings is 2. The molecule has 0 atom stereocenters. The van der Waals surface area contributed by atoms with Crippen molar-refractivity contribution in [3.63, 3.8) is 0 Å². The summed E-state index contributed by atoms with van der Waals surface area (Å²) in [5.74, 6) is 2.59. The number of ether oxygens (including phenoxy) is 4. The van der Waals surface area contributed by atoms with Crippen LogP contribution in [0.25, 0.3) is 0 Å². The summed E-state index contributed by atoms with van der Waals surface area (Å²) in [6.07, 6.45) is 1.84. The highest BCUT2D eigenvalue weighted by molar-refractivity contribution is 5.43. The molecule has 0 unspecified atom stereocenters. The molecule has 2 aromatic carbocycles. The minimum absolute atomic E-state index is 0.180. The number of fused-ring (bicyclic) bond motifs is 1. The van der Waals surface area contributed by atoms with Crippen LogP contribution in [0.3, 0.4) is 0 Å². The first kappa shape index (κ1) is 19.1. The van der Waals surface area contributed by atoms with Gasteiger partial charge in [0.25, 0.3) is 0 Å². The number of methoxy groups -OCH3 is 1. The van der Waals surface area contributed by atoms with Gasteiger partial charge in [0, 0.05) is 38.0 Å². The lowest BCUT2D eigenvalue weighted by Gasteiger charge is -2.39. The van der Waals surface area contributed by atoms with Gasteiger partial charge in [-0.25, -0.2) is 0 Å². The average Bonchev–Trinajstić information content (AvgIpc) is 2.85. The Bertz CT molecular complexity index is 801. The van der Waals surface area contributed by atoms with Gasteiger partial charge in [0.2, 0.25) is 0 Å². The van der Waals surface area contributed by atoms with Crippen LogP contribution >= 0.6 is 0 Å². The van der Waals surface area contributed by atoms with E-state index < -0.39 is 0 Å². The third-order valence-corrected chi connectivity index (χ3v) is 5.54. The third-order valence-electron chi connectivity index (χ3n) is 5.54. The van der Waals surface area contributed by atoms with Gasteiger partial charge < -0.3 is 18.9 Å². The number of rotatable bonds is 5. The molecule has 0 radical (unpaired) electrons. The Morgan fingerprint density at radius 2 is 1.89 bits per heavy atom. The van der Waals surface area contributed by atoms with Gasteiger partial charge in [-0.2, -0.15) is 0 Å². The van der Waals surface area contributed by atoms with Crippen LogP contribution < -0.4 is 14.2 Å². The van der Waals surface area contributed by atoms with Crippen LogP contribution in [-0.4, -0.2) is 44.0 Å². The van der Waals surface area contributed by atoms with Crippen LogP contribution in [0.2, 0.25) is 0 Å². The van der Waals surface area contributed by atoms with E-state index in [1.165, 1.54) is 11.1 Å². The highest BCUT2D eigenvalue weighted by Crippen LogP contribution is 2.36. The lowest BCUT2D eigenvalue weighted by atomic mass is 9.93. The molecule has 150 valence electrons. The minimum atomic E-state index is -0.180. The number of para-hydroxylation sites is 1. The summed E-state index contributed by atoms with van der Waals surface area (Å²) in [4.78, 5) is 2.48. The summed E-state index contributed by atoms with van der Waals surface area (Å²) < 4.78 is 23.4. The fourth-order valence-corrected chi connectivity index (χ4v) is 4.16. The van der Waals surface area contributed by atoms with E-state index in [9.17, 15) is 0 Å². The van der Waals surface area contributed by atoms with Crippen LogP contribution in [0.4, 0.5) is 0 Å². The summed E-state index contributed by atoms with van der Waals surface area (Å²) in [7, 11) is 1.69. The molecular weight excluding hydrogens is 354 g/mol. The van der Waals surface area contributed by atoms with Gasteiger partial charge in [0.1, 0.15) is 11.4 Å². The van der Waals surface area contributed by atoms with Crippen molar-refractivity contribution in [2.75, 3.05) is 33.5 Å². The molecule has 1 saturated heterocycles. The first-order chi connectivity index (χ1) is 13.7. The second-order valence-corrected chi connectivity index (χ2v) is 7.57. The van der Waals surface area contributed by atoms with E-state index in [0.717, 1.165) is 62.9 Å². The van der Waals surface area contributed by atoms with Crippen molar-refractivity contribution in [2.45, 2.75) is 38.5 Å². The van der Waals surface area contributed by atoms with Gasteiger partial charge >= 0.3 is 0 Å². The van der Waals surface area contributed by atoms with Gasteiger partial charge in [-0.05, 0) is 30.7 Å². The second-order valence-electron chi connectivity index (χ2n) is 7.57. The van der Waals surface area contributed by atoms with E-state index in [1.54, 1.807) is 7.11 Å². The van der Waals surface area contributed by atoms with Gasteiger partial charge in [-0.3, -0.25) is 4.90 Å². The molecule has 2 aliphatic rings. The topological polar surface area (TPSA) is 40.2 Å². The van der Waals surface area contributed by atoms with E-state index in [1.807, 2.05) is 13.0 Å². The largest absolute Gasteiger partial charge is 0.493 e. The van der Waals surface area contributed by atoms with Gasteiger partial charge in [-0.15, -0.1) is 0 Å². The van der Waals surface area contributed by atoms with Crippen LogP contribution in [0.15, 0.2) is 42.5 Å². The van der Waals surface area contributed by atoms with Crippen molar-refractivity contribution in [1.29, 1.82) is 0 Å². The summed E-state index contributed by atoms with van der Waals surface area (Å²) in [5, 5.41) is 0. The Kier molecular flexibility index (Phi) is 5.74. The summed E-state index contributed by atoms with van der Waals surface area (Å²) in [6, 6.07) is 14.6. The normalized spacial score (nSPS) is 18.8. The van der Waals surface area contributed by atoms with E-state index >= 15 is 0 Å². The fraction of sp³-hybridized carbons (Fsp3) is 0.478. The molecule has 1 fully saturated rings. The molecule has 0 bridgehead atoms. The predicted molar refractivity (Wildman–Crippen MR) is 108 cm³/mol. The first-order valence-electron chi connectivity index (χ1n) is 10.1. The van der Waals surface area contributed by atoms with E-state index in [0.29, 0.717) is 6.61 Å². The van der Waals surface area contributed by atoms with Crippen LogP contribution in [-0.2, 0) is 17.8 Å². The summed E-state index contributed by atoms with van der Waals surface area (Å²) in [5.41, 5.74) is 2.27. The molecule has 28 heavy (non-hydrogen) atoms. The zero-order valence-corrected chi connectivity index (χ0v) is 16.8. The maximum absolute atomic E-state index is 6.58. The van der Waals surface area contributed by atoms with Crippen molar-refractivity contribution in [3.05, 3.63) is 53.6 Å². The van der Waals surface area contributed by atoms with Gasteiger partial charge in [-0.1, -0.05) is 24.3 Å². The standard InChI is InChI=1S/C23H29NO4/c1-3-27-21-9-8-18(14-22(21)25-2)15-24-16-19-6-4-5-7-20(19)28-23(17-24)10-12-26-13-11-23/h4-9,14H,3,10-13,15-17H2,1-2H3. The number of hydrogen-bond acceptors (Lipinski definition) is 5. The number of hydrogen-bond donors (Lipinski definition) is 0. The van der Waals surface area contributed by atoms with Gasteiger partial charge in [0.15, 0.2) is 11.5 Å². The molecule has 0 aliphatic carbocycles. The maximum Gasteiger partial charge on any atom is 0.161 e. The van der Waals surface area contributed by atoms with Crippen molar-refractivity contribution in [3.8, 4) is 17.2 Å². The molecule has 0 aromatic heterocycles. The van der Waals surface area contributed by atoms with Gasteiger partial charge in [0.05, 0.1) is 26.9 Å². The summed E-state index contributed by atoms with van der Waals surface area (Å²) >= 11 is 0. The molecule has 0 amide bonds. The number of nitrogens with zero attached hydrogens (tertiary/aromatic N) is 1. The Balaban J connectivity index is 1.59. The first-order valence-corrected chi connectivity index (χ1v) is 10.1. The molecule has 2 aliphatic heterocycles. The van der Waals surface area contributed by atoms with E-state index in [2.05, 4.69) is 41.3 Å².